The first-order valence-corrected chi connectivity index (χ1v) is 5.28. The Morgan fingerprint density at radius 3 is 2.69 bits per heavy atom. The summed E-state index contributed by atoms with van der Waals surface area (Å²) in [5.41, 5.74) is 4.63. The second-order valence-corrected chi connectivity index (χ2v) is 4.68. The smallest absolute Gasteiger partial charge is 0.226 e. The number of amidine groups is 1. The molecule has 1 rings (SSSR count). The van der Waals surface area contributed by atoms with Gasteiger partial charge in [-0.3, -0.25) is 4.79 Å². The Morgan fingerprint density at radius 2 is 2.25 bits per heavy atom. The molecule has 0 radical (unpaired) electrons. The van der Waals surface area contributed by atoms with Crippen LogP contribution in [0.2, 0.25) is 0 Å². The molecule has 92 valence electrons. The van der Waals surface area contributed by atoms with Crippen molar-refractivity contribution in [2.45, 2.75) is 38.8 Å². The van der Waals surface area contributed by atoms with E-state index >= 15 is 0 Å². The van der Waals surface area contributed by atoms with E-state index in [1.165, 1.54) is 0 Å². The van der Waals surface area contributed by atoms with Crippen molar-refractivity contribution >= 4 is 11.7 Å². The second kappa shape index (κ2) is 4.69. The molecule has 0 aromatic rings. The third kappa shape index (κ3) is 2.85. The fourth-order valence-corrected chi connectivity index (χ4v) is 1.60. The number of rotatable bonds is 3. The van der Waals surface area contributed by atoms with E-state index in [0.717, 1.165) is 0 Å². The van der Waals surface area contributed by atoms with Gasteiger partial charge < -0.3 is 21.0 Å². The minimum Gasteiger partial charge on any atom is -0.409 e. The molecule has 1 aliphatic rings. The highest BCUT2D eigenvalue weighted by Gasteiger charge is 2.33. The standard InChI is InChI=1S/C10H19N3O3/c1-6-4-7(5-16-6)8(14)12-10(2,3)9(11)13-15/h6-7,15H,4-5H2,1-3H3,(H2,11,13)(H,12,14). The Balaban J connectivity index is 2.57. The molecule has 0 aromatic heterocycles. The number of nitrogens with two attached hydrogens (primary N) is 1. The number of hydrogen-bond acceptors (Lipinski definition) is 4. The number of amides is 1. The van der Waals surface area contributed by atoms with E-state index in [9.17, 15) is 4.79 Å². The van der Waals surface area contributed by atoms with Crippen LogP contribution in [0.25, 0.3) is 0 Å². The quantitative estimate of drug-likeness (QED) is 0.276. The van der Waals surface area contributed by atoms with Crippen molar-refractivity contribution in [1.82, 2.24) is 5.32 Å². The lowest BCUT2D eigenvalue weighted by Gasteiger charge is -2.25. The summed E-state index contributed by atoms with van der Waals surface area (Å²) in [4.78, 5) is 11.8. The summed E-state index contributed by atoms with van der Waals surface area (Å²) in [6.07, 6.45) is 0.820. The Hall–Kier alpha value is -1.30. The van der Waals surface area contributed by atoms with E-state index in [2.05, 4.69) is 10.5 Å². The normalized spacial score (nSPS) is 26.8. The zero-order valence-corrected chi connectivity index (χ0v) is 9.86. The van der Waals surface area contributed by atoms with Crippen LogP contribution in [0, 0.1) is 5.92 Å². The Morgan fingerprint density at radius 1 is 1.62 bits per heavy atom. The molecule has 0 spiro atoms. The fraction of sp³-hybridized carbons (Fsp3) is 0.800. The maximum atomic E-state index is 11.8. The van der Waals surface area contributed by atoms with E-state index < -0.39 is 5.54 Å². The van der Waals surface area contributed by atoms with Crippen LogP contribution in [0.15, 0.2) is 5.16 Å². The summed E-state index contributed by atoms with van der Waals surface area (Å²) >= 11 is 0. The molecule has 6 nitrogen and oxygen atoms in total. The van der Waals surface area contributed by atoms with Gasteiger partial charge in [-0.1, -0.05) is 5.16 Å². The first-order chi connectivity index (χ1) is 7.36. The summed E-state index contributed by atoms with van der Waals surface area (Å²) in [6.45, 7) is 5.72. The average Bonchev–Trinajstić information content (AvgIpc) is 2.63. The monoisotopic (exact) mass is 229 g/mol. The van der Waals surface area contributed by atoms with Gasteiger partial charge in [0.05, 0.1) is 24.2 Å². The van der Waals surface area contributed by atoms with Gasteiger partial charge >= 0.3 is 0 Å². The van der Waals surface area contributed by atoms with Crippen LogP contribution in [0.4, 0.5) is 0 Å². The molecule has 6 heteroatoms. The predicted molar refractivity (Wildman–Crippen MR) is 59.2 cm³/mol. The Bertz CT molecular complexity index is 302. The number of nitrogens with one attached hydrogen (secondary N) is 1. The van der Waals surface area contributed by atoms with Gasteiger partial charge in [-0.2, -0.15) is 0 Å². The van der Waals surface area contributed by atoms with Gasteiger partial charge in [0.2, 0.25) is 5.91 Å². The van der Waals surface area contributed by atoms with Crippen molar-refractivity contribution in [2.75, 3.05) is 6.61 Å². The minimum atomic E-state index is -0.850. The van der Waals surface area contributed by atoms with E-state index in [1.54, 1.807) is 13.8 Å². The number of ether oxygens (including phenoxy) is 1. The predicted octanol–water partition coefficient (Wildman–Crippen LogP) is 0.0526. The summed E-state index contributed by atoms with van der Waals surface area (Å²) < 4.78 is 5.32. The van der Waals surface area contributed by atoms with Crippen molar-refractivity contribution in [3.63, 3.8) is 0 Å². The molecule has 2 atom stereocenters. The molecule has 0 aliphatic carbocycles. The zero-order valence-electron chi connectivity index (χ0n) is 9.86. The highest BCUT2D eigenvalue weighted by atomic mass is 16.5. The zero-order chi connectivity index (χ0) is 12.3. The van der Waals surface area contributed by atoms with Gasteiger partial charge in [0.1, 0.15) is 0 Å². The molecule has 1 aliphatic heterocycles. The fourth-order valence-electron chi connectivity index (χ4n) is 1.60. The van der Waals surface area contributed by atoms with Crippen molar-refractivity contribution in [3.8, 4) is 0 Å². The highest BCUT2D eigenvalue weighted by Crippen LogP contribution is 2.20. The molecule has 0 bridgehead atoms. The largest absolute Gasteiger partial charge is 0.409 e. The van der Waals surface area contributed by atoms with Crippen molar-refractivity contribution in [2.24, 2.45) is 16.8 Å². The molecular formula is C10H19N3O3. The maximum Gasteiger partial charge on any atom is 0.226 e. The molecule has 0 saturated carbocycles. The molecular weight excluding hydrogens is 210 g/mol. The highest BCUT2D eigenvalue weighted by molar-refractivity contribution is 5.93. The van der Waals surface area contributed by atoms with Crippen LogP contribution in [0.1, 0.15) is 27.2 Å². The first-order valence-electron chi connectivity index (χ1n) is 5.28. The van der Waals surface area contributed by atoms with Crippen LogP contribution < -0.4 is 11.1 Å². The second-order valence-electron chi connectivity index (χ2n) is 4.68. The number of carbonyl (C=O) groups excluding carboxylic acids is 1. The van der Waals surface area contributed by atoms with Crippen LogP contribution in [-0.2, 0) is 9.53 Å². The molecule has 1 heterocycles. The Labute approximate surface area is 94.8 Å². The SMILES string of the molecule is CC1CC(C(=O)NC(C)(C)C(N)=NO)CO1. The van der Waals surface area contributed by atoms with E-state index in [0.29, 0.717) is 13.0 Å². The number of hydrogen-bond donors (Lipinski definition) is 3. The number of oxime groups is 1. The van der Waals surface area contributed by atoms with E-state index in [-0.39, 0.29) is 23.8 Å². The first kappa shape index (κ1) is 12.8. The third-order valence-electron chi connectivity index (χ3n) is 2.75. The van der Waals surface area contributed by atoms with Crippen molar-refractivity contribution < 1.29 is 14.7 Å². The molecule has 16 heavy (non-hydrogen) atoms. The molecule has 1 saturated heterocycles. The lowest BCUT2D eigenvalue weighted by atomic mass is 10.00. The summed E-state index contributed by atoms with van der Waals surface area (Å²) in [5, 5.41) is 14.2. The molecule has 1 amide bonds. The van der Waals surface area contributed by atoms with Crippen LogP contribution in [0.3, 0.4) is 0 Å². The maximum absolute atomic E-state index is 11.8. The number of nitrogens with zero attached hydrogens (tertiary/aromatic N) is 1. The van der Waals surface area contributed by atoms with Crippen LogP contribution in [0.5, 0.6) is 0 Å². The molecule has 1 fully saturated rings. The van der Waals surface area contributed by atoms with E-state index in [4.69, 9.17) is 15.7 Å². The van der Waals surface area contributed by atoms with Crippen molar-refractivity contribution in [1.29, 1.82) is 0 Å². The summed E-state index contributed by atoms with van der Waals surface area (Å²) in [6, 6.07) is 0. The lowest BCUT2D eigenvalue weighted by Crippen LogP contribution is -2.54. The van der Waals surface area contributed by atoms with E-state index in [1.807, 2.05) is 6.92 Å². The lowest BCUT2D eigenvalue weighted by molar-refractivity contribution is -0.125. The molecule has 4 N–H and O–H groups in total. The van der Waals surface area contributed by atoms with Gasteiger partial charge in [-0.05, 0) is 27.2 Å². The minimum absolute atomic E-state index is 0.0205. The molecule has 0 aromatic carbocycles. The Kier molecular flexibility index (Phi) is 3.74. The van der Waals surface area contributed by atoms with Gasteiger partial charge in [-0.25, -0.2) is 0 Å². The summed E-state index contributed by atoms with van der Waals surface area (Å²) in [5.74, 6) is -0.297. The van der Waals surface area contributed by atoms with Crippen molar-refractivity contribution in [3.05, 3.63) is 0 Å². The van der Waals surface area contributed by atoms with Crippen LogP contribution >= 0.6 is 0 Å². The van der Waals surface area contributed by atoms with Gasteiger partial charge in [0.15, 0.2) is 5.84 Å². The summed E-state index contributed by atoms with van der Waals surface area (Å²) in [7, 11) is 0. The number of carbonyl (C=O) groups is 1. The van der Waals surface area contributed by atoms with Gasteiger partial charge in [-0.15, -0.1) is 0 Å². The van der Waals surface area contributed by atoms with Gasteiger partial charge in [0.25, 0.3) is 0 Å². The average molecular weight is 229 g/mol. The van der Waals surface area contributed by atoms with Crippen LogP contribution in [-0.4, -0.2) is 35.2 Å². The van der Waals surface area contributed by atoms with Gasteiger partial charge in [0, 0.05) is 0 Å². The topological polar surface area (TPSA) is 96.9 Å². The molecule has 2 unspecified atom stereocenters. The third-order valence-corrected chi connectivity index (χ3v) is 2.75.